The number of carbonyl (C=O) groups excluding carboxylic acids is 1. The van der Waals surface area contributed by atoms with E-state index >= 15 is 0 Å². The Labute approximate surface area is 96.3 Å². The minimum absolute atomic E-state index is 0.0660. The van der Waals surface area contributed by atoms with Gasteiger partial charge in [-0.05, 0) is 32.9 Å². The van der Waals surface area contributed by atoms with Gasteiger partial charge in [0.15, 0.2) is 0 Å². The van der Waals surface area contributed by atoms with Crippen LogP contribution in [0.1, 0.15) is 25.2 Å². The van der Waals surface area contributed by atoms with Crippen LogP contribution < -0.4 is 11.1 Å². The van der Waals surface area contributed by atoms with Gasteiger partial charge >= 0.3 is 0 Å². The molecule has 1 aromatic heterocycles. The van der Waals surface area contributed by atoms with Crippen molar-refractivity contribution in [1.29, 1.82) is 0 Å². The van der Waals surface area contributed by atoms with Gasteiger partial charge in [-0.15, -0.1) is 0 Å². The molecular formula is C12H19N3O. The first kappa shape index (κ1) is 12.6. The van der Waals surface area contributed by atoms with Crippen LogP contribution in [0.4, 0.5) is 5.69 Å². The summed E-state index contributed by atoms with van der Waals surface area (Å²) >= 11 is 0. The van der Waals surface area contributed by atoms with E-state index in [0.29, 0.717) is 0 Å². The van der Waals surface area contributed by atoms with Crippen LogP contribution in [0.15, 0.2) is 12.1 Å². The number of aromatic nitrogens is 1. The lowest BCUT2D eigenvalue weighted by molar-refractivity contribution is -0.119. The van der Waals surface area contributed by atoms with Gasteiger partial charge in [-0.2, -0.15) is 0 Å². The zero-order valence-corrected chi connectivity index (χ0v) is 10.2. The number of aryl methyl sites for hydroxylation is 2. The van der Waals surface area contributed by atoms with Crippen molar-refractivity contribution in [3.63, 3.8) is 0 Å². The van der Waals surface area contributed by atoms with Gasteiger partial charge in [-0.25, -0.2) is 0 Å². The number of rotatable bonds is 3. The smallest absolute Gasteiger partial charge is 0.228 e. The van der Waals surface area contributed by atoms with Gasteiger partial charge < -0.3 is 11.1 Å². The Morgan fingerprint density at radius 1 is 1.38 bits per heavy atom. The topological polar surface area (TPSA) is 68.0 Å². The van der Waals surface area contributed by atoms with Gasteiger partial charge in [0.05, 0.1) is 17.3 Å². The summed E-state index contributed by atoms with van der Waals surface area (Å²) in [6, 6.07) is 3.58. The molecule has 0 aliphatic carbocycles. The zero-order chi connectivity index (χ0) is 12.3. The molecule has 0 aliphatic rings. The van der Waals surface area contributed by atoms with Crippen LogP contribution in [-0.4, -0.2) is 16.9 Å². The Morgan fingerprint density at radius 2 is 2.00 bits per heavy atom. The van der Waals surface area contributed by atoms with Gasteiger partial charge in [0.25, 0.3) is 0 Å². The van der Waals surface area contributed by atoms with Gasteiger partial charge in [0, 0.05) is 11.7 Å². The van der Waals surface area contributed by atoms with Crippen LogP contribution in [0, 0.1) is 19.8 Å². The van der Waals surface area contributed by atoms with Gasteiger partial charge in [0.2, 0.25) is 5.91 Å². The Kier molecular flexibility index (Phi) is 4.01. The van der Waals surface area contributed by atoms with E-state index in [4.69, 9.17) is 5.73 Å². The van der Waals surface area contributed by atoms with Crippen molar-refractivity contribution in [3.8, 4) is 0 Å². The molecular weight excluding hydrogens is 202 g/mol. The van der Waals surface area contributed by atoms with Gasteiger partial charge in [-0.3, -0.25) is 9.78 Å². The average Bonchev–Trinajstić information content (AvgIpc) is 2.20. The highest BCUT2D eigenvalue weighted by atomic mass is 16.1. The first-order chi connectivity index (χ1) is 7.41. The molecule has 1 aromatic rings. The number of hydrogen-bond donors (Lipinski definition) is 2. The van der Waals surface area contributed by atoms with E-state index in [1.165, 1.54) is 0 Å². The summed E-state index contributed by atoms with van der Waals surface area (Å²) in [6.45, 7) is 7.43. The summed E-state index contributed by atoms with van der Waals surface area (Å²) in [7, 11) is 0. The molecule has 88 valence electrons. The number of anilines is 1. The van der Waals surface area contributed by atoms with Crippen molar-refractivity contribution in [1.82, 2.24) is 4.98 Å². The summed E-state index contributed by atoms with van der Waals surface area (Å²) in [6.07, 6.45) is 0. The quantitative estimate of drug-likeness (QED) is 0.815. The molecule has 1 amide bonds. The first-order valence-electron chi connectivity index (χ1n) is 5.42. The molecule has 0 fully saturated rings. The lowest BCUT2D eigenvalue weighted by Crippen LogP contribution is -2.34. The molecule has 16 heavy (non-hydrogen) atoms. The normalized spacial score (nSPS) is 14.3. The van der Waals surface area contributed by atoms with Crippen molar-refractivity contribution < 1.29 is 4.79 Å². The standard InChI is InChI=1S/C12H19N3O/c1-7-5-6-11(10(4)14-7)15-12(16)8(2)9(3)13/h5-6,8-9H,13H2,1-4H3,(H,15,16). The third-order valence-corrected chi connectivity index (χ3v) is 2.69. The summed E-state index contributed by atoms with van der Waals surface area (Å²) in [5.74, 6) is -0.274. The Balaban J connectivity index is 2.77. The molecule has 4 heteroatoms. The van der Waals surface area contributed by atoms with E-state index in [0.717, 1.165) is 17.1 Å². The summed E-state index contributed by atoms with van der Waals surface area (Å²) in [4.78, 5) is 16.1. The van der Waals surface area contributed by atoms with E-state index in [1.54, 1.807) is 0 Å². The molecule has 0 saturated heterocycles. The number of amides is 1. The van der Waals surface area contributed by atoms with E-state index in [9.17, 15) is 4.79 Å². The first-order valence-corrected chi connectivity index (χ1v) is 5.42. The van der Waals surface area contributed by atoms with E-state index in [-0.39, 0.29) is 17.9 Å². The van der Waals surface area contributed by atoms with Crippen LogP contribution in [0.25, 0.3) is 0 Å². The maximum Gasteiger partial charge on any atom is 0.228 e. The van der Waals surface area contributed by atoms with E-state index in [2.05, 4.69) is 10.3 Å². The van der Waals surface area contributed by atoms with E-state index in [1.807, 2.05) is 39.8 Å². The van der Waals surface area contributed by atoms with Crippen LogP contribution in [0.2, 0.25) is 0 Å². The maximum absolute atomic E-state index is 11.8. The fraction of sp³-hybridized carbons (Fsp3) is 0.500. The van der Waals surface area contributed by atoms with Gasteiger partial charge in [-0.1, -0.05) is 6.92 Å². The molecule has 0 spiro atoms. The van der Waals surface area contributed by atoms with Crippen molar-refractivity contribution in [2.45, 2.75) is 33.7 Å². The average molecular weight is 221 g/mol. The highest BCUT2D eigenvalue weighted by molar-refractivity contribution is 5.93. The summed E-state index contributed by atoms with van der Waals surface area (Å²) in [5, 5.41) is 2.84. The molecule has 0 radical (unpaired) electrons. The molecule has 2 unspecified atom stereocenters. The minimum Gasteiger partial charge on any atom is -0.327 e. The highest BCUT2D eigenvalue weighted by Crippen LogP contribution is 2.14. The summed E-state index contributed by atoms with van der Waals surface area (Å²) < 4.78 is 0. The zero-order valence-electron chi connectivity index (χ0n) is 10.2. The fourth-order valence-corrected chi connectivity index (χ4v) is 1.30. The van der Waals surface area contributed by atoms with Crippen LogP contribution >= 0.6 is 0 Å². The fourth-order valence-electron chi connectivity index (χ4n) is 1.30. The second-order valence-electron chi connectivity index (χ2n) is 4.22. The van der Waals surface area contributed by atoms with Crippen molar-refractivity contribution in [2.24, 2.45) is 11.7 Å². The Hall–Kier alpha value is -1.42. The molecule has 4 nitrogen and oxygen atoms in total. The molecule has 0 saturated carbocycles. The largest absolute Gasteiger partial charge is 0.327 e. The predicted octanol–water partition coefficient (Wildman–Crippen LogP) is 1.62. The second kappa shape index (κ2) is 5.07. The maximum atomic E-state index is 11.8. The van der Waals surface area contributed by atoms with Gasteiger partial charge in [0.1, 0.15) is 0 Å². The van der Waals surface area contributed by atoms with Crippen molar-refractivity contribution >= 4 is 11.6 Å². The number of nitrogens with zero attached hydrogens (tertiary/aromatic N) is 1. The number of nitrogens with one attached hydrogen (secondary N) is 1. The molecule has 1 rings (SSSR count). The third-order valence-electron chi connectivity index (χ3n) is 2.69. The predicted molar refractivity (Wildman–Crippen MR) is 65.2 cm³/mol. The SMILES string of the molecule is Cc1ccc(NC(=O)C(C)C(C)N)c(C)n1. The van der Waals surface area contributed by atoms with E-state index < -0.39 is 0 Å². The molecule has 0 aromatic carbocycles. The van der Waals surface area contributed by atoms with Crippen LogP contribution in [-0.2, 0) is 4.79 Å². The molecule has 2 atom stereocenters. The number of pyridine rings is 1. The number of nitrogens with two attached hydrogens (primary N) is 1. The lowest BCUT2D eigenvalue weighted by Gasteiger charge is -2.16. The van der Waals surface area contributed by atoms with Crippen molar-refractivity contribution in [3.05, 3.63) is 23.5 Å². The lowest BCUT2D eigenvalue weighted by atomic mass is 10.0. The minimum atomic E-state index is -0.208. The molecule has 0 aliphatic heterocycles. The Morgan fingerprint density at radius 3 is 2.50 bits per heavy atom. The molecule has 1 heterocycles. The third kappa shape index (κ3) is 3.03. The van der Waals surface area contributed by atoms with Crippen molar-refractivity contribution in [2.75, 3.05) is 5.32 Å². The molecule has 0 bridgehead atoms. The Bertz CT molecular complexity index is 388. The monoisotopic (exact) mass is 221 g/mol. The number of hydrogen-bond acceptors (Lipinski definition) is 3. The highest BCUT2D eigenvalue weighted by Gasteiger charge is 2.17. The van der Waals surface area contributed by atoms with Crippen LogP contribution in [0.5, 0.6) is 0 Å². The number of carbonyl (C=O) groups is 1. The second-order valence-corrected chi connectivity index (χ2v) is 4.22. The summed E-state index contributed by atoms with van der Waals surface area (Å²) in [5.41, 5.74) is 8.19. The van der Waals surface area contributed by atoms with Crippen LogP contribution in [0.3, 0.4) is 0 Å². The molecule has 3 N–H and O–H groups in total.